The van der Waals surface area contributed by atoms with Gasteiger partial charge in [-0.15, -0.1) is 0 Å². The lowest BCUT2D eigenvalue weighted by molar-refractivity contribution is -0.120. The third-order valence-electron chi connectivity index (χ3n) is 1.57. The maximum Gasteiger partial charge on any atom is 0.149 e. The minimum absolute atomic E-state index is 0.212. The van der Waals surface area contributed by atoms with Crippen LogP contribution in [0.3, 0.4) is 0 Å². The highest BCUT2D eigenvalue weighted by atomic mass is 127. The number of ketones is 1. The molecule has 0 radical (unpaired) electrons. The highest BCUT2D eigenvalue weighted by Gasteiger charge is 2.22. The summed E-state index contributed by atoms with van der Waals surface area (Å²) in [5.41, 5.74) is 0. The maximum absolute atomic E-state index is 11.4. The average Bonchev–Trinajstić information content (AvgIpc) is 1.84. The highest BCUT2D eigenvalue weighted by Crippen LogP contribution is 2.18. The summed E-state index contributed by atoms with van der Waals surface area (Å²) in [6, 6.07) is 0.468. The second kappa shape index (κ2) is 5.17. The lowest BCUT2D eigenvalue weighted by atomic mass is 10.1. The van der Waals surface area contributed by atoms with Gasteiger partial charge in [-0.2, -0.15) is 0 Å². The van der Waals surface area contributed by atoms with Gasteiger partial charge in [0.2, 0.25) is 0 Å². The summed E-state index contributed by atoms with van der Waals surface area (Å²) in [5, 5.41) is 3.22. The molecule has 0 bridgehead atoms. The van der Waals surface area contributed by atoms with Crippen LogP contribution in [0.1, 0.15) is 34.1 Å². The minimum atomic E-state index is -0.212. The van der Waals surface area contributed by atoms with E-state index in [0.717, 1.165) is 6.54 Å². The number of nitrogens with one attached hydrogen (secondary N) is 1. The van der Waals surface area contributed by atoms with E-state index in [1.165, 1.54) is 0 Å². The predicted octanol–water partition coefficient (Wildman–Crippen LogP) is 2.16. The van der Waals surface area contributed by atoms with Crippen LogP contribution in [0.15, 0.2) is 0 Å². The van der Waals surface area contributed by atoms with Crippen molar-refractivity contribution in [2.45, 2.75) is 43.6 Å². The Morgan fingerprint density at radius 1 is 1.50 bits per heavy atom. The van der Waals surface area contributed by atoms with Crippen molar-refractivity contribution in [1.82, 2.24) is 5.32 Å². The molecule has 0 atom stereocenters. The number of halogens is 1. The van der Waals surface area contributed by atoms with Gasteiger partial charge in [0.15, 0.2) is 0 Å². The highest BCUT2D eigenvalue weighted by molar-refractivity contribution is 14.1. The van der Waals surface area contributed by atoms with Crippen molar-refractivity contribution in [2.75, 3.05) is 6.54 Å². The molecule has 0 amide bonds. The molecule has 2 nitrogen and oxygen atoms in total. The largest absolute Gasteiger partial charge is 0.314 e. The van der Waals surface area contributed by atoms with E-state index in [-0.39, 0.29) is 3.42 Å². The monoisotopic (exact) mass is 283 g/mol. The molecule has 72 valence electrons. The fourth-order valence-electron chi connectivity index (χ4n) is 0.772. The van der Waals surface area contributed by atoms with Crippen molar-refractivity contribution in [3.8, 4) is 0 Å². The van der Waals surface area contributed by atoms with Crippen molar-refractivity contribution in [3.05, 3.63) is 0 Å². The first-order valence-electron chi connectivity index (χ1n) is 4.29. The molecule has 3 heteroatoms. The Morgan fingerprint density at radius 3 is 2.33 bits per heavy atom. The fraction of sp³-hybridized carbons (Fsp3) is 0.889. The molecule has 0 aliphatic carbocycles. The summed E-state index contributed by atoms with van der Waals surface area (Å²) in [6.45, 7) is 8.86. The molecule has 1 N–H and O–H groups in total. The summed E-state index contributed by atoms with van der Waals surface area (Å²) < 4.78 is -0.212. The first-order chi connectivity index (χ1) is 5.34. The summed E-state index contributed by atoms with van der Waals surface area (Å²) in [4.78, 5) is 11.4. The Hall–Kier alpha value is 0.360. The second-order valence-electron chi connectivity index (χ2n) is 3.75. The average molecular weight is 283 g/mol. The number of carbonyl (C=O) groups is 1. The Labute approximate surface area is 88.6 Å². The lowest BCUT2D eigenvalue weighted by Crippen LogP contribution is -2.30. The van der Waals surface area contributed by atoms with Crippen LogP contribution in [0.25, 0.3) is 0 Å². The van der Waals surface area contributed by atoms with Gasteiger partial charge in [-0.3, -0.25) is 4.79 Å². The number of rotatable bonds is 5. The number of carbonyl (C=O) groups excluding carboxylic acids is 1. The van der Waals surface area contributed by atoms with Gasteiger partial charge >= 0.3 is 0 Å². The molecule has 0 saturated heterocycles. The van der Waals surface area contributed by atoms with E-state index in [2.05, 4.69) is 41.8 Å². The first kappa shape index (κ1) is 12.4. The van der Waals surface area contributed by atoms with Crippen LogP contribution in [-0.4, -0.2) is 21.8 Å². The molecule has 0 aliphatic rings. The molecule has 0 aromatic carbocycles. The summed E-state index contributed by atoms with van der Waals surface area (Å²) in [7, 11) is 0. The number of alkyl halides is 1. The van der Waals surface area contributed by atoms with Gasteiger partial charge < -0.3 is 5.32 Å². The Kier molecular flexibility index (Phi) is 5.32. The molecule has 0 fully saturated rings. The quantitative estimate of drug-likeness (QED) is 0.619. The van der Waals surface area contributed by atoms with E-state index in [4.69, 9.17) is 0 Å². The lowest BCUT2D eigenvalue weighted by Gasteiger charge is -2.15. The Morgan fingerprint density at radius 2 is 2.00 bits per heavy atom. The first-order valence-corrected chi connectivity index (χ1v) is 5.37. The molecule has 0 aliphatic heterocycles. The predicted molar refractivity (Wildman–Crippen MR) is 60.9 cm³/mol. The molecule has 0 saturated carbocycles. The van der Waals surface area contributed by atoms with Gasteiger partial charge in [0.1, 0.15) is 5.78 Å². The van der Waals surface area contributed by atoms with Crippen molar-refractivity contribution in [3.63, 3.8) is 0 Å². The molecule has 0 rings (SSSR count). The normalized spacial score (nSPS) is 12.2. The zero-order valence-electron chi connectivity index (χ0n) is 8.28. The molecule has 0 heterocycles. The van der Waals surface area contributed by atoms with Crippen LogP contribution in [0.2, 0.25) is 0 Å². The third kappa shape index (κ3) is 5.94. The Balaban J connectivity index is 3.59. The van der Waals surface area contributed by atoms with Gasteiger partial charge in [0.25, 0.3) is 0 Å². The molecule has 0 unspecified atom stereocenters. The smallest absolute Gasteiger partial charge is 0.149 e. The van der Waals surface area contributed by atoms with Crippen LogP contribution in [-0.2, 0) is 4.79 Å². The molecule has 0 spiro atoms. The number of hydrogen-bond acceptors (Lipinski definition) is 2. The number of hydrogen-bond donors (Lipinski definition) is 1. The molecule has 12 heavy (non-hydrogen) atoms. The molecule has 0 aromatic heterocycles. The molecular weight excluding hydrogens is 265 g/mol. The Bertz CT molecular complexity index is 149. The minimum Gasteiger partial charge on any atom is -0.314 e. The van der Waals surface area contributed by atoms with Gasteiger partial charge in [-0.1, -0.05) is 36.4 Å². The molecular formula is C9H18INO. The zero-order chi connectivity index (χ0) is 9.78. The molecule has 0 aromatic rings. The van der Waals surface area contributed by atoms with Crippen LogP contribution in [0.5, 0.6) is 0 Å². The van der Waals surface area contributed by atoms with Crippen molar-refractivity contribution < 1.29 is 4.79 Å². The summed E-state index contributed by atoms with van der Waals surface area (Å²) in [6.07, 6.45) is 0.633. The van der Waals surface area contributed by atoms with E-state index >= 15 is 0 Å². The van der Waals surface area contributed by atoms with E-state index in [1.807, 2.05) is 13.8 Å². The maximum atomic E-state index is 11.4. The van der Waals surface area contributed by atoms with Crippen molar-refractivity contribution in [2.24, 2.45) is 0 Å². The van der Waals surface area contributed by atoms with Crippen LogP contribution in [0.4, 0.5) is 0 Å². The second-order valence-corrected chi connectivity index (χ2v) is 6.45. The van der Waals surface area contributed by atoms with Gasteiger partial charge in [-0.25, -0.2) is 0 Å². The van der Waals surface area contributed by atoms with E-state index < -0.39 is 0 Å². The fourth-order valence-corrected chi connectivity index (χ4v) is 1.04. The van der Waals surface area contributed by atoms with E-state index in [0.29, 0.717) is 18.2 Å². The van der Waals surface area contributed by atoms with Crippen LogP contribution in [0, 0.1) is 0 Å². The van der Waals surface area contributed by atoms with Gasteiger partial charge in [0.05, 0.1) is 3.42 Å². The van der Waals surface area contributed by atoms with E-state index in [1.54, 1.807) is 0 Å². The van der Waals surface area contributed by atoms with Crippen molar-refractivity contribution >= 4 is 28.4 Å². The third-order valence-corrected chi connectivity index (χ3v) is 2.17. The number of Topliss-reactive ketones (excluding diaryl/α,β-unsaturated/α-hetero) is 1. The topological polar surface area (TPSA) is 29.1 Å². The van der Waals surface area contributed by atoms with Gasteiger partial charge in [0, 0.05) is 19.0 Å². The zero-order valence-corrected chi connectivity index (χ0v) is 10.4. The summed E-state index contributed by atoms with van der Waals surface area (Å²) in [5.74, 6) is 0.316. The van der Waals surface area contributed by atoms with Crippen molar-refractivity contribution in [1.29, 1.82) is 0 Å². The SMILES string of the molecule is CC(C)NCCC(=O)C(C)(C)I. The van der Waals surface area contributed by atoms with Crippen LogP contribution >= 0.6 is 22.6 Å². The standard InChI is InChI=1S/C9H18INO/c1-7(2)11-6-5-8(12)9(3,4)10/h7,11H,5-6H2,1-4H3. The van der Waals surface area contributed by atoms with Crippen LogP contribution < -0.4 is 5.32 Å². The summed E-state index contributed by atoms with van der Waals surface area (Å²) >= 11 is 2.18. The van der Waals surface area contributed by atoms with Gasteiger partial charge in [-0.05, 0) is 13.8 Å². The van der Waals surface area contributed by atoms with E-state index in [9.17, 15) is 4.79 Å².